The molecule has 3 aromatic rings. The highest BCUT2D eigenvalue weighted by molar-refractivity contribution is 7.39. The van der Waals surface area contributed by atoms with Crippen molar-refractivity contribution in [1.29, 1.82) is 0 Å². The van der Waals surface area contributed by atoms with Gasteiger partial charge in [-0.25, -0.2) is 0 Å². The minimum Gasteiger partial charge on any atom is -0.507 e. The minimum atomic E-state index is -0.971. The second kappa shape index (κ2) is 5.74. The zero-order valence-corrected chi connectivity index (χ0v) is 15.9. The molecule has 0 radical (unpaired) electrons. The van der Waals surface area contributed by atoms with Crippen molar-refractivity contribution >= 4 is 55.3 Å². The standard InChI is InChI=1S/C18H20BNS3/c1-20(2)11-3-7-15(16-8-4-12-21-16)19(20,17-9-5-13-22-17)18-10-6-14-23-18/h4-10,12-14H,3,11H2,1-2H3. The molecule has 0 unspecified atom stereocenters. The van der Waals surface area contributed by atoms with Gasteiger partial charge in [-0.3, -0.25) is 0 Å². The molecule has 5 heteroatoms. The van der Waals surface area contributed by atoms with Crippen LogP contribution >= 0.6 is 34.0 Å². The molecule has 0 fully saturated rings. The SMILES string of the molecule is C[N+]1(C)CCC=C(c2cccs2)[B-]1(c1cccs1)c1cccs1. The van der Waals surface area contributed by atoms with Crippen LogP contribution in [0.2, 0.25) is 0 Å². The van der Waals surface area contributed by atoms with Crippen molar-refractivity contribution in [3.63, 3.8) is 0 Å². The van der Waals surface area contributed by atoms with Gasteiger partial charge in [0.1, 0.15) is 0 Å². The van der Waals surface area contributed by atoms with E-state index in [4.69, 9.17) is 0 Å². The van der Waals surface area contributed by atoms with Crippen molar-refractivity contribution < 1.29 is 4.39 Å². The van der Waals surface area contributed by atoms with Crippen LogP contribution in [0.25, 0.3) is 5.47 Å². The zero-order chi connectivity index (χ0) is 15.9. The third-order valence-electron chi connectivity index (χ3n) is 5.28. The summed E-state index contributed by atoms with van der Waals surface area (Å²) in [7, 11) is 4.83. The summed E-state index contributed by atoms with van der Waals surface area (Å²) in [5.41, 5.74) is 1.54. The van der Waals surface area contributed by atoms with Gasteiger partial charge in [0.15, 0.2) is 0 Å². The Morgan fingerprint density at radius 3 is 2.00 bits per heavy atom. The van der Waals surface area contributed by atoms with Gasteiger partial charge in [0, 0.05) is 27.1 Å². The molecule has 118 valence electrons. The van der Waals surface area contributed by atoms with Gasteiger partial charge in [-0.05, 0) is 27.1 Å². The number of rotatable bonds is 3. The Balaban J connectivity index is 2.07. The summed E-state index contributed by atoms with van der Waals surface area (Å²) < 4.78 is 4.05. The molecule has 4 heterocycles. The molecule has 0 bridgehead atoms. The lowest BCUT2D eigenvalue weighted by Crippen LogP contribution is -2.77. The molecule has 0 N–H and O–H groups in total. The van der Waals surface area contributed by atoms with E-state index in [0.29, 0.717) is 0 Å². The Morgan fingerprint density at radius 2 is 1.48 bits per heavy atom. The van der Waals surface area contributed by atoms with Gasteiger partial charge in [-0.2, -0.15) is 22.7 Å². The average Bonchev–Trinajstić information content (AvgIpc) is 3.28. The molecular weight excluding hydrogens is 337 g/mol. The van der Waals surface area contributed by atoms with Crippen molar-refractivity contribution in [1.82, 2.24) is 0 Å². The highest BCUT2D eigenvalue weighted by Crippen LogP contribution is 2.39. The van der Waals surface area contributed by atoms with Gasteiger partial charge < -0.3 is 4.39 Å². The van der Waals surface area contributed by atoms with Crippen LogP contribution in [0.4, 0.5) is 0 Å². The normalized spacial score (nSPS) is 19.5. The van der Waals surface area contributed by atoms with Crippen LogP contribution < -0.4 is 9.55 Å². The largest absolute Gasteiger partial charge is 0.507 e. The van der Waals surface area contributed by atoms with Crippen LogP contribution in [0.5, 0.6) is 0 Å². The molecule has 1 aliphatic heterocycles. The lowest BCUT2D eigenvalue weighted by atomic mass is 9.25. The summed E-state index contributed by atoms with van der Waals surface area (Å²) in [6, 6.07) is 13.6. The Morgan fingerprint density at radius 1 is 0.870 bits per heavy atom. The maximum atomic E-state index is 2.51. The maximum absolute atomic E-state index is 2.51. The lowest BCUT2D eigenvalue weighted by Gasteiger charge is -2.58. The molecule has 0 aliphatic carbocycles. The van der Waals surface area contributed by atoms with E-state index in [1.807, 2.05) is 34.0 Å². The topological polar surface area (TPSA) is 0 Å². The number of thiophene rings is 3. The van der Waals surface area contributed by atoms with Crippen LogP contribution in [-0.4, -0.2) is 31.3 Å². The lowest BCUT2D eigenvalue weighted by molar-refractivity contribution is -0.786. The third-order valence-corrected chi connectivity index (χ3v) is 8.29. The van der Waals surface area contributed by atoms with E-state index in [9.17, 15) is 0 Å². The second-order valence-electron chi connectivity index (χ2n) is 6.78. The van der Waals surface area contributed by atoms with Crippen LogP contribution in [0.3, 0.4) is 0 Å². The molecule has 0 spiro atoms. The molecule has 4 rings (SSSR count). The molecule has 0 saturated carbocycles. The Labute approximate surface area is 150 Å². The predicted molar refractivity (Wildman–Crippen MR) is 108 cm³/mol. The first kappa shape index (κ1) is 15.4. The summed E-state index contributed by atoms with van der Waals surface area (Å²) in [4.78, 5) is 1.43. The van der Waals surface area contributed by atoms with E-state index in [2.05, 4.69) is 72.7 Å². The van der Waals surface area contributed by atoms with E-state index >= 15 is 0 Å². The Kier molecular flexibility index (Phi) is 3.84. The minimum absolute atomic E-state index is 0.971. The Bertz CT molecular complexity index is 764. The van der Waals surface area contributed by atoms with E-state index in [0.717, 1.165) is 10.8 Å². The quantitative estimate of drug-likeness (QED) is 0.621. The van der Waals surface area contributed by atoms with Gasteiger partial charge in [0.05, 0.1) is 0 Å². The van der Waals surface area contributed by atoms with Crippen molar-refractivity contribution in [2.75, 3.05) is 20.6 Å². The first-order valence-corrected chi connectivity index (χ1v) is 10.6. The third kappa shape index (κ3) is 2.22. The van der Waals surface area contributed by atoms with E-state index in [1.165, 1.54) is 21.0 Å². The fraction of sp³-hybridized carbons (Fsp3) is 0.222. The molecule has 0 atom stereocenters. The van der Waals surface area contributed by atoms with Crippen molar-refractivity contribution in [2.45, 2.75) is 6.42 Å². The van der Waals surface area contributed by atoms with E-state index in [1.54, 1.807) is 5.47 Å². The molecule has 3 aromatic heterocycles. The van der Waals surface area contributed by atoms with Gasteiger partial charge in [0.25, 0.3) is 0 Å². The number of nitrogens with zero attached hydrogens (tertiary/aromatic N) is 1. The molecule has 0 aromatic carbocycles. The highest BCUT2D eigenvalue weighted by Gasteiger charge is 2.51. The number of hydrogen-bond donors (Lipinski definition) is 0. The van der Waals surface area contributed by atoms with Crippen LogP contribution in [-0.2, 0) is 0 Å². The average molecular weight is 357 g/mol. The van der Waals surface area contributed by atoms with Gasteiger partial charge in [0.2, 0.25) is 0 Å². The summed E-state index contributed by atoms with van der Waals surface area (Å²) in [5, 5.41) is 6.66. The number of quaternary nitrogens is 1. The fourth-order valence-electron chi connectivity index (χ4n) is 4.24. The summed E-state index contributed by atoms with van der Waals surface area (Å²) in [6.45, 7) is 1.19. The van der Waals surface area contributed by atoms with E-state index in [-0.39, 0.29) is 0 Å². The van der Waals surface area contributed by atoms with Crippen molar-refractivity contribution in [3.05, 3.63) is 63.5 Å². The van der Waals surface area contributed by atoms with Crippen LogP contribution in [0.15, 0.2) is 58.6 Å². The van der Waals surface area contributed by atoms with Gasteiger partial charge >= 0.3 is 6.28 Å². The molecule has 23 heavy (non-hydrogen) atoms. The van der Waals surface area contributed by atoms with Gasteiger partial charge in [-0.15, -0.1) is 22.9 Å². The molecule has 0 saturated heterocycles. The van der Waals surface area contributed by atoms with E-state index < -0.39 is 6.28 Å². The van der Waals surface area contributed by atoms with Gasteiger partial charge in [-0.1, -0.05) is 39.9 Å². The Hall–Kier alpha value is -1.14. The highest BCUT2D eigenvalue weighted by atomic mass is 32.1. The maximum Gasteiger partial charge on any atom is 0.310 e. The van der Waals surface area contributed by atoms with Crippen LogP contribution in [0.1, 0.15) is 11.3 Å². The molecule has 0 amide bonds. The van der Waals surface area contributed by atoms with Crippen molar-refractivity contribution in [2.24, 2.45) is 0 Å². The summed E-state index contributed by atoms with van der Waals surface area (Å²) in [5.74, 6) is 0. The smallest absolute Gasteiger partial charge is 0.310 e. The molecular formula is C18H20BNS3. The second-order valence-corrected chi connectivity index (χ2v) is 9.69. The molecule has 1 nitrogen and oxygen atoms in total. The van der Waals surface area contributed by atoms with Crippen LogP contribution in [0, 0.1) is 0 Å². The predicted octanol–water partition coefficient (Wildman–Crippen LogP) is 4.03. The summed E-state index contributed by atoms with van der Waals surface area (Å²) in [6.07, 6.45) is 2.69. The molecule has 1 aliphatic rings. The monoisotopic (exact) mass is 357 g/mol. The summed E-state index contributed by atoms with van der Waals surface area (Å²) >= 11 is 5.70. The number of hydrogen-bond acceptors (Lipinski definition) is 3. The van der Waals surface area contributed by atoms with Crippen molar-refractivity contribution in [3.8, 4) is 0 Å². The first-order valence-electron chi connectivity index (χ1n) is 7.97. The zero-order valence-electron chi connectivity index (χ0n) is 13.4. The fourth-order valence-corrected chi connectivity index (χ4v) is 7.58. The first-order chi connectivity index (χ1) is 11.2.